The van der Waals surface area contributed by atoms with E-state index in [1.807, 2.05) is 12.1 Å². The maximum atomic E-state index is 9.47. The second-order valence-corrected chi connectivity index (χ2v) is 6.01. The van der Waals surface area contributed by atoms with Gasteiger partial charge in [0.2, 0.25) is 0 Å². The van der Waals surface area contributed by atoms with Crippen LogP contribution >= 0.6 is 15.9 Å². The summed E-state index contributed by atoms with van der Waals surface area (Å²) in [6, 6.07) is 6.82. The second-order valence-electron chi connectivity index (χ2n) is 5.16. The van der Waals surface area contributed by atoms with E-state index in [-0.39, 0.29) is 0 Å². The van der Waals surface area contributed by atoms with Crippen LogP contribution in [0.5, 0.6) is 5.75 Å². The zero-order chi connectivity index (χ0) is 13.1. The molecule has 1 aliphatic heterocycles. The molecule has 1 aromatic carbocycles. The molecule has 0 bridgehead atoms. The minimum atomic E-state index is 0.290. The van der Waals surface area contributed by atoms with Crippen LogP contribution in [0, 0.1) is 0 Å². The van der Waals surface area contributed by atoms with Crippen molar-refractivity contribution in [2.24, 2.45) is 0 Å². The van der Waals surface area contributed by atoms with Gasteiger partial charge in [-0.1, -0.05) is 12.5 Å². The second kappa shape index (κ2) is 6.04. The number of hydrazine groups is 1. The molecule has 1 fully saturated rings. The van der Waals surface area contributed by atoms with Gasteiger partial charge in [-0.2, -0.15) is 0 Å². The quantitative estimate of drug-likeness (QED) is 0.897. The monoisotopic (exact) mass is 312 g/mol. The lowest BCUT2D eigenvalue weighted by atomic mass is 10.00. The highest BCUT2D eigenvalue weighted by molar-refractivity contribution is 9.10. The Labute approximate surface area is 117 Å². The van der Waals surface area contributed by atoms with Crippen LogP contribution in [0.3, 0.4) is 0 Å². The Bertz CT molecular complexity index is 401. The minimum Gasteiger partial charge on any atom is -0.507 e. The van der Waals surface area contributed by atoms with Crippen LogP contribution in [0.2, 0.25) is 0 Å². The molecule has 0 amide bonds. The number of nitrogens with one attached hydrogen (secondary N) is 1. The lowest BCUT2D eigenvalue weighted by molar-refractivity contribution is 0.0435. The predicted molar refractivity (Wildman–Crippen MR) is 77.3 cm³/mol. The van der Waals surface area contributed by atoms with Gasteiger partial charge in [-0.25, -0.2) is 5.01 Å². The maximum Gasteiger partial charge on any atom is 0.129 e. The first kappa shape index (κ1) is 13.8. The fraction of sp³-hybridized carbons (Fsp3) is 0.571. The fourth-order valence-electron chi connectivity index (χ4n) is 2.58. The summed E-state index contributed by atoms with van der Waals surface area (Å²) in [6.45, 7) is 5.35. The first-order valence-corrected chi connectivity index (χ1v) is 7.36. The summed E-state index contributed by atoms with van der Waals surface area (Å²) in [5.41, 5.74) is 4.69. The molecule has 1 aromatic rings. The van der Waals surface area contributed by atoms with E-state index in [1.165, 1.54) is 24.8 Å². The first-order valence-electron chi connectivity index (χ1n) is 6.57. The number of phenolic OH excluding ortho intramolecular Hbond substituents is 1. The van der Waals surface area contributed by atoms with Gasteiger partial charge in [0.25, 0.3) is 0 Å². The van der Waals surface area contributed by atoms with E-state index < -0.39 is 0 Å². The lowest BCUT2D eigenvalue weighted by Gasteiger charge is -2.39. The van der Waals surface area contributed by atoms with Crippen molar-refractivity contribution in [1.29, 1.82) is 0 Å². The van der Waals surface area contributed by atoms with Crippen molar-refractivity contribution in [3.8, 4) is 5.75 Å². The van der Waals surface area contributed by atoms with Gasteiger partial charge >= 0.3 is 0 Å². The molecule has 1 heterocycles. The Hall–Kier alpha value is -0.580. The highest BCUT2D eigenvalue weighted by Gasteiger charge is 2.24. The molecule has 2 rings (SSSR count). The Morgan fingerprint density at radius 2 is 2.00 bits per heavy atom. The Morgan fingerprint density at radius 1 is 1.33 bits per heavy atom. The van der Waals surface area contributed by atoms with Crippen LogP contribution in [0.4, 0.5) is 0 Å². The van der Waals surface area contributed by atoms with E-state index in [1.54, 1.807) is 6.07 Å². The van der Waals surface area contributed by atoms with Crippen molar-refractivity contribution in [3.63, 3.8) is 0 Å². The first-order chi connectivity index (χ1) is 8.58. The van der Waals surface area contributed by atoms with Gasteiger partial charge in [-0.15, -0.1) is 0 Å². The number of rotatable bonds is 3. The number of piperidine rings is 1. The third-order valence-electron chi connectivity index (χ3n) is 3.67. The normalized spacial score (nSPS) is 25.3. The Morgan fingerprint density at radius 3 is 2.61 bits per heavy atom. The van der Waals surface area contributed by atoms with E-state index >= 15 is 0 Å². The number of halogens is 1. The zero-order valence-electron chi connectivity index (χ0n) is 11.0. The standard InChI is InChI=1S/C14H21BrN2O/c1-10-4-3-5-11(2)17(10)16-9-12-6-7-14(18)13(15)8-12/h6-8,10-11,16,18H,3-5,9H2,1-2H3. The molecular formula is C14H21BrN2O. The molecule has 0 aromatic heterocycles. The van der Waals surface area contributed by atoms with Gasteiger partial charge in [-0.05, 0) is 60.3 Å². The predicted octanol–water partition coefficient (Wildman–Crippen LogP) is 3.42. The summed E-state index contributed by atoms with van der Waals surface area (Å²) in [7, 11) is 0. The zero-order valence-corrected chi connectivity index (χ0v) is 12.6. The van der Waals surface area contributed by atoms with Crippen molar-refractivity contribution in [2.75, 3.05) is 0 Å². The molecule has 100 valence electrons. The highest BCUT2D eigenvalue weighted by atomic mass is 79.9. The van der Waals surface area contributed by atoms with Gasteiger partial charge < -0.3 is 5.11 Å². The summed E-state index contributed by atoms with van der Waals surface area (Å²) >= 11 is 3.34. The summed E-state index contributed by atoms with van der Waals surface area (Å²) < 4.78 is 0.751. The average molecular weight is 313 g/mol. The minimum absolute atomic E-state index is 0.290. The van der Waals surface area contributed by atoms with E-state index in [0.717, 1.165) is 11.0 Å². The number of phenols is 1. The third-order valence-corrected chi connectivity index (χ3v) is 4.31. The van der Waals surface area contributed by atoms with Gasteiger partial charge in [0.15, 0.2) is 0 Å². The smallest absolute Gasteiger partial charge is 0.129 e. The molecule has 18 heavy (non-hydrogen) atoms. The summed E-state index contributed by atoms with van der Waals surface area (Å²) in [5.74, 6) is 0.290. The van der Waals surface area contributed by atoms with Crippen LogP contribution in [0.25, 0.3) is 0 Å². The molecule has 0 saturated carbocycles. The van der Waals surface area contributed by atoms with Crippen molar-refractivity contribution < 1.29 is 5.11 Å². The number of hydrogen-bond donors (Lipinski definition) is 2. The van der Waals surface area contributed by atoms with Gasteiger partial charge in [0.1, 0.15) is 5.75 Å². The van der Waals surface area contributed by atoms with Crippen LogP contribution in [0.15, 0.2) is 22.7 Å². The number of hydrogen-bond acceptors (Lipinski definition) is 3. The van der Waals surface area contributed by atoms with Crippen LogP contribution in [-0.2, 0) is 6.54 Å². The molecule has 0 spiro atoms. The van der Waals surface area contributed by atoms with Crippen LogP contribution in [-0.4, -0.2) is 22.2 Å². The lowest BCUT2D eigenvalue weighted by Crippen LogP contribution is -2.51. The van der Waals surface area contributed by atoms with Gasteiger partial charge in [0.05, 0.1) is 4.47 Å². The van der Waals surface area contributed by atoms with E-state index in [9.17, 15) is 5.11 Å². The molecule has 0 aliphatic carbocycles. The summed E-state index contributed by atoms with van der Waals surface area (Å²) in [4.78, 5) is 0. The molecule has 2 atom stereocenters. The molecule has 2 unspecified atom stereocenters. The fourth-order valence-corrected chi connectivity index (χ4v) is 3.00. The molecular weight excluding hydrogens is 292 g/mol. The average Bonchev–Trinajstić information content (AvgIpc) is 2.33. The molecule has 1 aliphatic rings. The third kappa shape index (κ3) is 3.25. The largest absolute Gasteiger partial charge is 0.507 e. The number of aromatic hydroxyl groups is 1. The molecule has 4 heteroatoms. The van der Waals surface area contributed by atoms with Crippen molar-refractivity contribution in [3.05, 3.63) is 28.2 Å². The maximum absolute atomic E-state index is 9.47. The Kier molecular flexibility index (Phi) is 4.65. The van der Waals surface area contributed by atoms with Crippen LogP contribution < -0.4 is 5.43 Å². The number of nitrogens with zero attached hydrogens (tertiary/aromatic N) is 1. The van der Waals surface area contributed by atoms with Crippen molar-refractivity contribution >= 4 is 15.9 Å². The molecule has 2 N–H and O–H groups in total. The van der Waals surface area contributed by atoms with Gasteiger partial charge in [-0.3, -0.25) is 5.43 Å². The van der Waals surface area contributed by atoms with E-state index in [2.05, 4.69) is 40.2 Å². The Balaban J connectivity index is 1.95. The van der Waals surface area contributed by atoms with Gasteiger partial charge in [0, 0.05) is 18.6 Å². The van der Waals surface area contributed by atoms with E-state index in [4.69, 9.17) is 0 Å². The highest BCUT2D eigenvalue weighted by Crippen LogP contribution is 2.25. The number of benzene rings is 1. The SMILES string of the molecule is CC1CCCC(C)N1NCc1ccc(O)c(Br)c1. The van der Waals surface area contributed by atoms with Crippen molar-refractivity contribution in [2.45, 2.75) is 51.7 Å². The molecule has 0 radical (unpaired) electrons. The van der Waals surface area contributed by atoms with Crippen molar-refractivity contribution in [1.82, 2.24) is 10.4 Å². The summed E-state index contributed by atoms with van der Waals surface area (Å²) in [6.07, 6.45) is 3.85. The summed E-state index contributed by atoms with van der Waals surface area (Å²) in [5, 5.41) is 11.8. The molecule has 3 nitrogen and oxygen atoms in total. The van der Waals surface area contributed by atoms with Crippen LogP contribution in [0.1, 0.15) is 38.7 Å². The van der Waals surface area contributed by atoms with E-state index in [0.29, 0.717) is 17.8 Å². The molecule has 1 saturated heterocycles. The topological polar surface area (TPSA) is 35.5 Å².